The van der Waals surface area contributed by atoms with Crippen molar-refractivity contribution in [3.63, 3.8) is 0 Å². The van der Waals surface area contributed by atoms with E-state index in [1.807, 2.05) is 0 Å². The van der Waals surface area contributed by atoms with Crippen LogP contribution in [0, 0.1) is 0 Å². The molecule has 0 spiro atoms. The summed E-state index contributed by atoms with van der Waals surface area (Å²) >= 11 is 0. The molecule has 0 aliphatic rings. The molecule has 0 aromatic carbocycles. The standard InChI is InChI=1S/C3H9N2O/c1-5-3-6-2-4/h4-5H,2-3H2,1H3. The average molecular weight is 89.1 g/mol. The number of nitrogens with one attached hydrogen (secondary N) is 2. The summed E-state index contributed by atoms with van der Waals surface area (Å²) in [6, 6.07) is 0. The Morgan fingerprint density at radius 2 is 2.50 bits per heavy atom. The maximum absolute atomic E-state index is 6.44. The average Bonchev–Trinajstić information content (AvgIpc) is 1.61. The van der Waals surface area contributed by atoms with Crippen molar-refractivity contribution in [2.24, 2.45) is 0 Å². The molecule has 0 fully saturated rings. The van der Waals surface area contributed by atoms with Crippen LogP contribution in [0.5, 0.6) is 0 Å². The van der Waals surface area contributed by atoms with Gasteiger partial charge in [-0.15, -0.1) is 0 Å². The van der Waals surface area contributed by atoms with Gasteiger partial charge >= 0.3 is 0 Å². The molecule has 0 heterocycles. The minimum atomic E-state index is 0.0425. The molecular formula is C3H9N2O. The number of rotatable bonds is 3. The summed E-state index contributed by atoms with van der Waals surface area (Å²) in [7, 11) is 1.77. The summed E-state index contributed by atoms with van der Waals surface area (Å²) in [5.74, 6) is 0. The van der Waals surface area contributed by atoms with Crippen molar-refractivity contribution < 1.29 is 4.74 Å². The predicted molar refractivity (Wildman–Crippen MR) is 23.0 cm³/mol. The van der Waals surface area contributed by atoms with Crippen molar-refractivity contribution in [2.75, 3.05) is 20.5 Å². The summed E-state index contributed by atoms with van der Waals surface area (Å²) < 4.78 is 4.54. The number of hydrogen-bond donors (Lipinski definition) is 1. The lowest BCUT2D eigenvalue weighted by atomic mass is 11.1. The van der Waals surface area contributed by atoms with Crippen LogP contribution in [-0.4, -0.2) is 20.5 Å². The molecule has 2 N–H and O–H groups in total. The normalized spacial score (nSPS) is 9.00. The van der Waals surface area contributed by atoms with Gasteiger partial charge in [-0.05, 0) is 7.05 Å². The maximum atomic E-state index is 6.44. The van der Waals surface area contributed by atoms with Gasteiger partial charge in [0, 0.05) is 0 Å². The highest BCUT2D eigenvalue weighted by Gasteiger charge is 1.70. The van der Waals surface area contributed by atoms with Crippen LogP contribution in [0.2, 0.25) is 0 Å². The van der Waals surface area contributed by atoms with Gasteiger partial charge in [0.1, 0.15) is 6.73 Å². The molecule has 3 nitrogen and oxygen atoms in total. The second-order valence-electron chi connectivity index (χ2n) is 0.846. The highest BCUT2D eigenvalue weighted by Crippen LogP contribution is 1.56. The third-order valence-corrected chi connectivity index (χ3v) is 0.348. The van der Waals surface area contributed by atoms with Crippen molar-refractivity contribution in [2.45, 2.75) is 0 Å². The smallest absolute Gasteiger partial charge is 0.111 e. The van der Waals surface area contributed by atoms with Crippen LogP contribution < -0.4 is 11.1 Å². The van der Waals surface area contributed by atoms with E-state index in [1.165, 1.54) is 0 Å². The van der Waals surface area contributed by atoms with Gasteiger partial charge in [-0.2, -0.15) is 0 Å². The van der Waals surface area contributed by atoms with E-state index in [1.54, 1.807) is 7.05 Å². The second kappa shape index (κ2) is 4.88. The summed E-state index contributed by atoms with van der Waals surface area (Å²) in [5.41, 5.74) is 6.44. The molecule has 0 amide bonds. The van der Waals surface area contributed by atoms with Crippen molar-refractivity contribution in [3.8, 4) is 0 Å². The lowest BCUT2D eigenvalue weighted by molar-refractivity contribution is 0.124. The van der Waals surface area contributed by atoms with Gasteiger partial charge in [0.25, 0.3) is 0 Å². The Balaban J connectivity index is 2.34. The van der Waals surface area contributed by atoms with E-state index in [0.29, 0.717) is 6.73 Å². The molecule has 0 saturated heterocycles. The third kappa shape index (κ3) is 3.88. The zero-order chi connectivity index (χ0) is 4.83. The van der Waals surface area contributed by atoms with E-state index in [4.69, 9.17) is 5.73 Å². The largest absolute Gasteiger partial charge is 0.350 e. The molecule has 37 valence electrons. The minimum absolute atomic E-state index is 0.0425. The second-order valence-corrected chi connectivity index (χ2v) is 0.846. The Bertz CT molecular complexity index is 20.8. The summed E-state index contributed by atoms with van der Waals surface area (Å²) in [5, 5.41) is 2.73. The van der Waals surface area contributed by atoms with Gasteiger partial charge in [0.2, 0.25) is 0 Å². The summed E-state index contributed by atoms with van der Waals surface area (Å²) in [6.07, 6.45) is 0. The maximum Gasteiger partial charge on any atom is 0.111 e. The molecule has 0 rings (SSSR count). The van der Waals surface area contributed by atoms with Crippen LogP contribution >= 0.6 is 0 Å². The lowest BCUT2D eigenvalue weighted by Gasteiger charge is -1.93. The molecule has 0 saturated carbocycles. The minimum Gasteiger partial charge on any atom is -0.350 e. The summed E-state index contributed by atoms with van der Waals surface area (Å²) in [4.78, 5) is 0. The third-order valence-electron chi connectivity index (χ3n) is 0.348. The van der Waals surface area contributed by atoms with E-state index in [2.05, 4.69) is 10.1 Å². The van der Waals surface area contributed by atoms with Gasteiger partial charge in [-0.25, -0.2) is 5.73 Å². The van der Waals surface area contributed by atoms with Crippen molar-refractivity contribution in [1.82, 2.24) is 11.1 Å². The fourth-order valence-electron chi connectivity index (χ4n) is 0.153. The fourth-order valence-corrected chi connectivity index (χ4v) is 0.153. The Morgan fingerprint density at radius 3 is 2.67 bits per heavy atom. The van der Waals surface area contributed by atoms with Crippen LogP contribution in [0.25, 0.3) is 0 Å². The molecule has 6 heavy (non-hydrogen) atoms. The van der Waals surface area contributed by atoms with E-state index < -0.39 is 0 Å². The van der Waals surface area contributed by atoms with Crippen LogP contribution in [-0.2, 0) is 4.74 Å². The molecule has 0 atom stereocenters. The molecular weight excluding hydrogens is 80.0 g/mol. The van der Waals surface area contributed by atoms with E-state index >= 15 is 0 Å². The molecule has 0 unspecified atom stereocenters. The Kier molecular flexibility index (Phi) is 4.78. The topological polar surface area (TPSA) is 45.1 Å². The Labute approximate surface area is 37.5 Å². The fraction of sp³-hybridized carbons (Fsp3) is 1.00. The number of ether oxygens (including phenoxy) is 1. The molecule has 1 radical (unpaired) electrons. The van der Waals surface area contributed by atoms with E-state index in [9.17, 15) is 0 Å². The molecule has 0 aromatic rings. The Hall–Kier alpha value is -0.120. The monoisotopic (exact) mass is 89.1 g/mol. The molecule has 0 aliphatic carbocycles. The van der Waals surface area contributed by atoms with Crippen LogP contribution in [0.1, 0.15) is 0 Å². The first-order chi connectivity index (χ1) is 2.91. The van der Waals surface area contributed by atoms with Crippen LogP contribution in [0.15, 0.2) is 0 Å². The first-order valence-electron chi connectivity index (χ1n) is 1.78. The first kappa shape index (κ1) is 5.88. The Morgan fingerprint density at radius 1 is 1.83 bits per heavy atom. The first-order valence-corrected chi connectivity index (χ1v) is 1.78. The highest BCUT2D eigenvalue weighted by molar-refractivity contribution is 4.12. The zero-order valence-corrected chi connectivity index (χ0v) is 3.82. The molecule has 0 aliphatic heterocycles. The predicted octanol–water partition coefficient (Wildman–Crippen LogP) is -0.580. The van der Waals surface area contributed by atoms with Gasteiger partial charge < -0.3 is 4.74 Å². The van der Waals surface area contributed by atoms with Gasteiger partial charge in [0.15, 0.2) is 0 Å². The lowest BCUT2D eigenvalue weighted by Crippen LogP contribution is -2.12. The van der Waals surface area contributed by atoms with Crippen molar-refractivity contribution in [1.29, 1.82) is 0 Å². The van der Waals surface area contributed by atoms with Crippen LogP contribution in [0.4, 0.5) is 0 Å². The van der Waals surface area contributed by atoms with Gasteiger partial charge in [-0.3, -0.25) is 5.32 Å². The summed E-state index contributed by atoms with van der Waals surface area (Å²) in [6.45, 7) is 0.518. The quantitative estimate of drug-likeness (QED) is 0.371. The number of hydrogen-bond acceptors (Lipinski definition) is 2. The van der Waals surface area contributed by atoms with E-state index in [-0.39, 0.29) is 6.73 Å². The molecule has 0 aromatic heterocycles. The molecule has 3 heteroatoms. The van der Waals surface area contributed by atoms with Crippen LogP contribution in [0.3, 0.4) is 0 Å². The van der Waals surface area contributed by atoms with Gasteiger partial charge in [0.05, 0.1) is 6.73 Å². The molecule has 0 bridgehead atoms. The van der Waals surface area contributed by atoms with E-state index in [0.717, 1.165) is 0 Å². The van der Waals surface area contributed by atoms with Crippen molar-refractivity contribution >= 4 is 0 Å². The highest BCUT2D eigenvalue weighted by atomic mass is 16.5. The SMILES string of the molecule is CNCOC[NH]. The van der Waals surface area contributed by atoms with Crippen molar-refractivity contribution in [3.05, 3.63) is 0 Å². The zero-order valence-electron chi connectivity index (χ0n) is 3.82. The van der Waals surface area contributed by atoms with Gasteiger partial charge in [-0.1, -0.05) is 0 Å².